The molecule has 2 N–H and O–H groups in total. The lowest BCUT2D eigenvalue weighted by molar-refractivity contribution is -0.383. The van der Waals surface area contributed by atoms with E-state index in [1.165, 1.54) is 6.07 Å². The third-order valence-electron chi connectivity index (χ3n) is 4.75. The molecule has 1 aromatic rings. The maximum Gasteiger partial charge on any atom is 0.412 e. The number of hydrogen-bond acceptors (Lipinski definition) is 5. The first-order valence-electron chi connectivity index (χ1n) is 9.71. The molecule has 1 aliphatic rings. The summed E-state index contributed by atoms with van der Waals surface area (Å²) in [6, 6.07) is 4.82. The van der Waals surface area contributed by atoms with Crippen LogP contribution in [0.15, 0.2) is 18.2 Å². The smallest absolute Gasteiger partial charge is 0.412 e. The number of carbonyl (C=O) groups excluding carboxylic acids is 1. The highest BCUT2D eigenvalue weighted by Gasteiger charge is 2.38. The van der Waals surface area contributed by atoms with Gasteiger partial charge in [0.1, 0.15) is 11.3 Å². The van der Waals surface area contributed by atoms with Crippen LogP contribution < -0.4 is 10.6 Å². The van der Waals surface area contributed by atoms with Gasteiger partial charge in [-0.15, -0.1) is 0 Å². The molecule has 2 rings (SSSR count). The van der Waals surface area contributed by atoms with Gasteiger partial charge in [-0.05, 0) is 63.0 Å². The predicted molar refractivity (Wildman–Crippen MR) is 112 cm³/mol. The van der Waals surface area contributed by atoms with Gasteiger partial charge in [0, 0.05) is 12.1 Å². The number of ether oxygens (including phenoxy) is 1. The number of anilines is 2. The van der Waals surface area contributed by atoms with Crippen LogP contribution in [-0.2, 0) is 4.74 Å². The molecule has 1 aliphatic carbocycles. The van der Waals surface area contributed by atoms with Crippen LogP contribution >= 0.6 is 0 Å². The molecule has 0 spiro atoms. The molecule has 1 aromatic carbocycles. The summed E-state index contributed by atoms with van der Waals surface area (Å²) in [5, 5.41) is 17.5. The van der Waals surface area contributed by atoms with Gasteiger partial charge >= 0.3 is 6.09 Å². The van der Waals surface area contributed by atoms with Gasteiger partial charge in [0.2, 0.25) is 0 Å². The predicted octanol–water partition coefficient (Wildman–Crippen LogP) is 5.96. The van der Waals surface area contributed by atoms with Gasteiger partial charge in [-0.25, -0.2) is 4.79 Å². The van der Waals surface area contributed by atoms with Crippen molar-refractivity contribution in [3.8, 4) is 0 Å². The van der Waals surface area contributed by atoms with Gasteiger partial charge in [-0.3, -0.25) is 15.4 Å². The summed E-state index contributed by atoms with van der Waals surface area (Å²) in [5.74, 6) is 0. The van der Waals surface area contributed by atoms with Crippen LogP contribution in [0.4, 0.5) is 21.9 Å². The van der Waals surface area contributed by atoms with Gasteiger partial charge in [-0.2, -0.15) is 0 Å². The lowest BCUT2D eigenvalue weighted by Gasteiger charge is -2.45. The Kier molecular flexibility index (Phi) is 5.97. The van der Waals surface area contributed by atoms with E-state index in [-0.39, 0.29) is 22.6 Å². The van der Waals surface area contributed by atoms with Crippen LogP contribution in [0.1, 0.15) is 67.7 Å². The third kappa shape index (κ3) is 6.39. The minimum absolute atomic E-state index is 0.0604. The highest BCUT2D eigenvalue weighted by molar-refractivity contribution is 5.86. The fourth-order valence-corrected chi connectivity index (χ4v) is 4.47. The van der Waals surface area contributed by atoms with Gasteiger partial charge < -0.3 is 10.1 Å². The van der Waals surface area contributed by atoms with Crippen molar-refractivity contribution in [1.82, 2.24) is 0 Å². The van der Waals surface area contributed by atoms with Crippen LogP contribution in [-0.4, -0.2) is 22.7 Å². The number of nitro benzene ring substituents is 1. The molecule has 0 unspecified atom stereocenters. The third-order valence-corrected chi connectivity index (χ3v) is 4.75. The van der Waals surface area contributed by atoms with Crippen LogP contribution in [0, 0.1) is 20.9 Å². The zero-order valence-corrected chi connectivity index (χ0v) is 18.0. The summed E-state index contributed by atoms with van der Waals surface area (Å²) < 4.78 is 5.20. The SMILES string of the molecule is CC1(C)CC(Nc2ccc(NC(=O)OC(C)(C)C)cc2[N+](=O)[O-])CC(C)(C)C1. The van der Waals surface area contributed by atoms with Gasteiger partial charge in [0.25, 0.3) is 5.69 Å². The first-order chi connectivity index (χ1) is 12.7. The van der Waals surface area contributed by atoms with E-state index in [9.17, 15) is 14.9 Å². The van der Waals surface area contributed by atoms with Gasteiger partial charge in [0.15, 0.2) is 0 Å². The number of nitrogens with one attached hydrogen (secondary N) is 2. The molecule has 0 radical (unpaired) electrons. The van der Waals surface area contributed by atoms with E-state index < -0.39 is 16.6 Å². The lowest BCUT2D eigenvalue weighted by Crippen LogP contribution is -2.40. The van der Waals surface area contributed by atoms with Crippen molar-refractivity contribution in [2.45, 2.75) is 79.4 Å². The Labute approximate surface area is 167 Å². The molecule has 0 bridgehead atoms. The molecule has 28 heavy (non-hydrogen) atoms. The average Bonchev–Trinajstić information content (AvgIpc) is 2.43. The molecule has 1 fully saturated rings. The summed E-state index contributed by atoms with van der Waals surface area (Å²) in [4.78, 5) is 23.1. The van der Waals surface area contributed by atoms with Crippen LogP contribution in [0.25, 0.3) is 0 Å². The van der Waals surface area contributed by atoms with Crippen LogP contribution in [0.5, 0.6) is 0 Å². The number of nitrogens with zero attached hydrogens (tertiary/aromatic N) is 1. The largest absolute Gasteiger partial charge is 0.444 e. The molecule has 0 saturated heterocycles. The van der Waals surface area contributed by atoms with Crippen molar-refractivity contribution in [1.29, 1.82) is 0 Å². The summed E-state index contributed by atoms with van der Waals surface area (Å²) in [5.41, 5.74) is 0.445. The standard InChI is InChI=1S/C21H33N3O4/c1-19(2,3)28-18(25)23-14-8-9-16(17(10-14)24(26)27)22-15-11-20(4,5)13-21(6,7)12-15/h8-10,15,22H,11-13H2,1-7H3,(H,23,25). The van der Waals surface area contributed by atoms with E-state index in [0.29, 0.717) is 11.4 Å². The average molecular weight is 392 g/mol. The molecule has 1 saturated carbocycles. The molecule has 7 heteroatoms. The fourth-order valence-electron chi connectivity index (χ4n) is 4.47. The Balaban J connectivity index is 2.19. The first kappa shape index (κ1) is 22.0. The van der Waals surface area contributed by atoms with Crippen molar-refractivity contribution in [3.05, 3.63) is 28.3 Å². The van der Waals surface area contributed by atoms with Crippen molar-refractivity contribution >= 4 is 23.2 Å². The zero-order chi connectivity index (χ0) is 21.3. The van der Waals surface area contributed by atoms with E-state index in [2.05, 4.69) is 38.3 Å². The molecule has 0 aromatic heterocycles. The second-order valence-corrected chi connectivity index (χ2v) is 10.4. The first-order valence-corrected chi connectivity index (χ1v) is 9.71. The molecule has 0 atom stereocenters. The summed E-state index contributed by atoms with van der Waals surface area (Å²) >= 11 is 0. The Hall–Kier alpha value is -2.31. The maximum absolute atomic E-state index is 11.9. The van der Waals surface area contributed by atoms with Crippen molar-refractivity contribution in [2.75, 3.05) is 10.6 Å². The normalized spacial score (nSPS) is 19.0. The highest BCUT2D eigenvalue weighted by Crippen LogP contribution is 2.46. The Bertz CT molecular complexity index is 735. The van der Waals surface area contributed by atoms with Crippen LogP contribution in [0.2, 0.25) is 0 Å². The van der Waals surface area contributed by atoms with E-state index in [0.717, 1.165) is 19.3 Å². The summed E-state index contributed by atoms with van der Waals surface area (Å²) in [7, 11) is 0. The molecular formula is C21H33N3O4. The summed E-state index contributed by atoms with van der Waals surface area (Å²) in [6.07, 6.45) is 2.38. The van der Waals surface area contributed by atoms with Gasteiger partial charge in [-0.1, -0.05) is 27.7 Å². The van der Waals surface area contributed by atoms with E-state index in [1.807, 2.05) is 0 Å². The molecule has 0 heterocycles. The van der Waals surface area contributed by atoms with Crippen molar-refractivity contribution < 1.29 is 14.5 Å². The number of carbonyl (C=O) groups is 1. The Morgan fingerprint density at radius 2 is 1.75 bits per heavy atom. The Morgan fingerprint density at radius 3 is 2.25 bits per heavy atom. The topological polar surface area (TPSA) is 93.5 Å². The number of benzene rings is 1. The molecule has 7 nitrogen and oxygen atoms in total. The number of nitro groups is 1. The summed E-state index contributed by atoms with van der Waals surface area (Å²) in [6.45, 7) is 14.2. The minimum atomic E-state index is -0.641. The quantitative estimate of drug-likeness (QED) is 0.488. The van der Waals surface area contributed by atoms with Crippen molar-refractivity contribution in [3.63, 3.8) is 0 Å². The van der Waals surface area contributed by atoms with E-state index in [4.69, 9.17) is 4.74 Å². The maximum atomic E-state index is 11.9. The molecule has 0 aliphatic heterocycles. The fraction of sp³-hybridized carbons (Fsp3) is 0.667. The van der Waals surface area contributed by atoms with Gasteiger partial charge in [0.05, 0.1) is 10.6 Å². The molecule has 1 amide bonds. The number of amides is 1. The lowest BCUT2D eigenvalue weighted by atomic mass is 9.63. The molecule has 156 valence electrons. The van der Waals surface area contributed by atoms with E-state index >= 15 is 0 Å². The molecular weight excluding hydrogens is 358 g/mol. The second-order valence-electron chi connectivity index (χ2n) is 10.4. The van der Waals surface area contributed by atoms with E-state index in [1.54, 1.807) is 32.9 Å². The minimum Gasteiger partial charge on any atom is -0.444 e. The number of rotatable bonds is 4. The van der Waals surface area contributed by atoms with Crippen LogP contribution in [0.3, 0.4) is 0 Å². The van der Waals surface area contributed by atoms with Crippen molar-refractivity contribution in [2.24, 2.45) is 10.8 Å². The Morgan fingerprint density at radius 1 is 1.18 bits per heavy atom. The second kappa shape index (κ2) is 7.60. The zero-order valence-electron chi connectivity index (χ0n) is 18.0. The highest BCUT2D eigenvalue weighted by atomic mass is 16.6. The monoisotopic (exact) mass is 391 g/mol. The number of hydrogen-bond donors (Lipinski definition) is 2.